The van der Waals surface area contributed by atoms with Gasteiger partial charge in [-0.1, -0.05) is 18.2 Å². The van der Waals surface area contributed by atoms with Gasteiger partial charge in [0.2, 0.25) is 12.7 Å². The van der Waals surface area contributed by atoms with Crippen molar-refractivity contribution in [3.63, 3.8) is 0 Å². The van der Waals surface area contributed by atoms with Crippen molar-refractivity contribution in [1.82, 2.24) is 4.90 Å². The SMILES string of the molecule is CN(Cc1ccc2c(c1)OCO2)C(=O)CCC(=O)c1ccc2c(c1)CCCC2. The summed E-state index contributed by atoms with van der Waals surface area (Å²) in [6.07, 6.45) is 5.03. The summed E-state index contributed by atoms with van der Waals surface area (Å²) in [6, 6.07) is 11.7. The number of hydrogen-bond donors (Lipinski definition) is 0. The van der Waals surface area contributed by atoms with Crippen LogP contribution in [0.15, 0.2) is 36.4 Å². The van der Waals surface area contributed by atoms with Crippen LogP contribution in [0.5, 0.6) is 11.5 Å². The van der Waals surface area contributed by atoms with Crippen LogP contribution >= 0.6 is 0 Å². The van der Waals surface area contributed by atoms with E-state index in [9.17, 15) is 9.59 Å². The molecule has 0 saturated heterocycles. The number of rotatable bonds is 6. The molecule has 0 fully saturated rings. The molecule has 0 aromatic heterocycles. The highest BCUT2D eigenvalue weighted by atomic mass is 16.7. The van der Waals surface area contributed by atoms with Gasteiger partial charge in [-0.25, -0.2) is 0 Å². The van der Waals surface area contributed by atoms with Crippen molar-refractivity contribution in [3.8, 4) is 11.5 Å². The lowest BCUT2D eigenvalue weighted by Gasteiger charge is -2.18. The van der Waals surface area contributed by atoms with Crippen LogP contribution in [0.1, 0.15) is 52.7 Å². The van der Waals surface area contributed by atoms with Crippen LogP contribution in [0.4, 0.5) is 0 Å². The van der Waals surface area contributed by atoms with Crippen molar-refractivity contribution >= 4 is 11.7 Å². The molecule has 1 aliphatic heterocycles. The lowest BCUT2D eigenvalue weighted by atomic mass is 9.89. The molecule has 28 heavy (non-hydrogen) atoms. The number of Topliss-reactive ketones (excluding diaryl/α,β-unsaturated/α-hetero) is 1. The van der Waals surface area contributed by atoms with Gasteiger partial charge in [-0.05, 0) is 60.6 Å². The highest BCUT2D eigenvalue weighted by Crippen LogP contribution is 2.32. The van der Waals surface area contributed by atoms with Crippen molar-refractivity contribution in [2.24, 2.45) is 0 Å². The second-order valence-electron chi connectivity index (χ2n) is 7.55. The van der Waals surface area contributed by atoms with Gasteiger partial charge in [-0.3, -0.25) is 9.59 Å². The lowest BCUT2D eigenvalue weighted by molar-refractivity contribution is -0.130. The minimum Gasteiger partial charge on any atom is -0.454 e. The predicted octanol–water partition coefficient (Wildman–Crippen LogP) is 3.92. The molecule has 2 aliphatic rings. The Morgan fingerprint density at radius 1 is 0.929 bits per heavy atom. The average molecular weight is 379 g/mol. The van der Waals surface area contributed by atoms with Crippen molar-refractivity contribution in [1.29, 1.82) is 0 Å². The summed E-state index contributed by atoms with van der Waals surface area (Å²) in [5, 5.41) is 0. The van der Waals surface area contributed by atoms with E-state index in [0.29, 0.717) is 12.3 Å². The van der Waals surface area contributed by atoms with Crippen LogP contribution in [0.3, 0.4) is 0 Å². The predicted molar refractivity (Wildman–Crippen MR) is 106 cm³/mol. The Hall–Kier alpha value is -2.82. The van der Waals surface area contributed by atoms with E-state index in [2.05, 4.69) is 6.07 Å². The maximum atomic E-state index is 12.5. The van der Waals surface area contributed by atoms with Gasteiger partial charge in [-0.15, -0.1) is 0 Å². The topological polar surface area (TPSA) is 55.8 Å². The van der Waals surface area contributed by atoms with Gasteiger partial charge >= 0.3 is 0 Å². The zero-order chi connectivity index (χ0) is 19.5. The summed E-state index contributed by atoms with van der Waals surface area (Å²) in [7, 11) is 1.76. The first kappa shape index (κ1) is 18.5. The molecule has 146 valence electrons. The average Bonchev–Trinajstić information content (AvgIpc) is 3.19. The molecule has 2 aromatic rings. The van der Waals surface area contributed by atoms with Crippen LogP contribution in [-0.4, -0.2) is 30.4 Å². The molecule has 0 saturated carbocycles. The van der Waals surface area contributed by atoms with Gasteiger partial charge in [0.1, 0.15) is 0 Å². The number of benzene rings is 2. The van der Waals surface area contributed by atoms with Gasteiger partial charge in [0.15, 0.2) is 17.3 Å². The van der Waals surface area contributed by atoms with E-state index in [0.717, 1.165) is 29.7 Å². The molecule has 0 radical (unpaired) electrons. The summed E-state index contributed by atoms with van der Waals surface area (Å²) in [4.78, 5) is 26.7. The summed E-state index contributed by atoms with van der Waals surface area (Å²) in [6.45, 7) is 0.709. The highest BCUT2D eigenvalue weighted by molar-refractivity contribution is 5.98. The number of nitrogens with zero attached hydrogens (tertiary/aromatic N) is 1. The van der Waals surface area contributed by atoms with Crippen molar-refractivity contribution < 1.29 is 19.1 Å². The molecule has 5 heteroatoms. The first-order valence-electron chi connectivity index (χ1n) is 9.87. The standard InChI is InChI=1S/C23H25NO4/c1-24(14-16-6-10-21-22(12-16)28-15-27-21)23(26)11-9-20(25)19-8-7-17-4-2-3-5-18(17)13-19/h6-8,10,12-13H,2-5,9,11,14-15H2,1H3. The van der Waals surface area contributed by atoms with Crippen LogP contribution in [-0.2, 0) is 24.2 Å². The second-order valence-corrected chi connectivity index (χ2v) is 7.55. The number of amides is 1. The van der Waals surface area contributed by atoms with Crippen LogP contribution < -0.4 is 9.47 Å². The lowest BCUT2D eigenvalue weighted by Crippen LogP contribution is -2.26. The first-order chi connectivity index (χ1) is 13.6. The third-order valence-electron chi connectivity index (χ3n) is 5.52. The van der Waals surface area contributed by atoms with E-state index in [-0.39, 0.29) is 31.3 Å². The van der Waals surface area contributed by atoms with Crippen LogP contribution in [0, 0.1) is 0 Å². The van der Waals surface area contributed by atoms with E-state index in [4.69, 9.17) is 9.47 Å². The minimum absolute atomic E-state index is 0.0380. The van der Waals surface area contributed by atoms with Crippen molar-refractivity contribution in [2.45, 2.75) is 45.1 Å². The van der Waals surface area contributed by atoms with Gasteiger partial charge in [0, 0.05) is 32.0 Å². The molecular formula is C23H25NO4. The zero-order valence-electron chi connectivity index (χ0n) is 16.2. The number of carbonyl (C=O) groups excluding carboxylic acids is 2. The molecule has 1 amide bonds. The van der Waals surface area contributed by atoms with E-state index >= 15 is 0 Å². The van der Waals surface area contributed by atoms with Crippen LogP contribution in [0.2, 0.25) is 0 Å². The molecule has 1 heterocycles. The van der Waals surface area contributed by atoms with Crippen molar-refractivity contribution in [3.05, 3.63) is 58.7 Å². The number of carbonyl (C=O) groups is 2. The first-order valence-corrected chi connectivity index (χ1v) is 9.87. The summed E-state index contributed by atoms with van der Waals surface area (Å²) in [5.41, 5.74) is 4.36. The fourth-order valence-electron chi connectivity index (χ4n) is 3.86. The maximum Gasteiger partial charge on any atom is 0.231 e. The van der Waals surface area contributed by atoms with E-state index < -0.39 is 0 Å². The Morgan fingerprint density at radius 2 is 1.71 bits per heavy atom. The third kappa shape index (κ3) is 4.03. The molecule has 0 N–H and O–H groups in total. The molecule has 4 rings (SSSR count). The third-order valence-corrected chi connectivity index (χ3v) is 5.52. The van der Waals surface area contributed by atoms with Gasteiger partial charge in [-0.2, -0.15) is 0 Å². The Labute approximate surface area is 165 Å². The van der Waals surface area contributed by atoms with Gasteiger partial charge < -0.3 is 14.4 Å². The highest BCUT2D eigenvalue weighted by Gasteiger charge is 2.17. The van der Waals surface area contributed by atoms with E-state index in [1.165, 1.54) is 24.0 Å². The normalized spacial score (nSPS) is 14.5. The molecule has 0 spiro atoms. The van der Waals surface area contributed by atoms with E-state index in [1.54, 1.807) is 11.9 Å². The Bertz CT molecular complexity index is 905. The summed E-state index contributed by atoms with van der Waals surface area (Å²) in [5.74, 6) is 1.44. The van der Waals surface area contributed by atoms with E-state index in [1.807, 2.05) is 30.3 Å². The fourth-order valence-corrected chi connectivity index (χ4v) is 3.86. The Kier molecular flexibility index (Phi) is 5.33. The van der Waals surface area contributed by atoms with Gasteiger partial charge in [0.25, 0.3) is 0 Å². The molecule has 5 nitrogen and oxygen atoms in total. The molecule has 2 aromatic carbocycles. The maximum absolute atomic E-state index is 12.5. The largest absolute Gasteiger partial charge is 0.454 e. The number of ether oxygens (including phenoxy) is 2. The number of ketones is 1. The molecule has 0 unspecified atom stereocenters. The minimum atomic E-state index is -0.0380. The fraction of sp³-hybridized carbons (Fsp3) is 0.391. The molecule has 1 aliphatic carbocycles. The number of hydrogen-bond acceptors (Lipinski definition) is 4. The van der Waals surface area contributed by atoms with Crippen molar-refractivity contribution in [2.75, 3.05) is 13.8 Å². The second kappa shape index (κ2) is 8.05. The zero-order valence-corrected chi connectivity index (χ0v) is 16.2. The molecular weight excluding hydrogens is 354 g/mol. The molecule has 0 bridgehead atoms. The number of aryl methyl sites for hydroxylation is 2. The molecule has 0 atom stereocenters. The summed E-state index contributed by atoms with van der Waals surface area (Å²) < 4.78 is 10.7. The smallest absolute Gasteiger partial charge is 0.231 e. The number of fused-ring (bicyclic) bond motifs is 2. The van der Waals surface area contributed by atoms with Gasteiger partial charge in [0.05, 0.1) is 0 Å². The Balaban J connectivity index is 1.31. The van der Waals surface area contributed by atoms with Crippen LogP contribution in [0.25, 0.3) is 0 Å². The Morgan fingerprint density at radius 3 is 2.57 bits per heavy atom. The monoisotopic (exact) mass is 379 g/mol. The summed E-state index contributed by atoms with van der Waals surface area (Å²) >= 11 is 0. The quantitative estimate of drug-likeness (QED) is 0.714.